The standard InChI is InChI=1S/C29H33Cl2N5O4S/c1-3-35(4-2)28(38)34-21-12-14-22(15-13-21)41(39,40)36-26-16-11-20(30)19-24(26)29(27(36)37,33-18-8-7-17-32)23-9-5-6-10-25(23)31/h5-6,9-16,19,33H,3-4,7-8,17-18,32H2,1-2H3,(H,34,38). The largest absolute Gasteiger partial charge is 0.330 e. The van der Waals surface area contributed by atoms with E-state index in [0.29, 0.717) is 65.9 Å². The number of unbranched alkanes of at least 4 members (excludes halogenated alkanes) is 1. The fourth-order valence-electron chi connectivity index (χ4n) is 4.97. The number of amides is 3. The summed E-state index contributed by atoms with van der Waals surface area (Å²) < 4.78 is 29.0. The zero-order chi connectivity index (χ0) is 29.8. The van der Waals surface area contributed by atoms with E-state index < -0.39 is 21.5 Å². The normalized spacial score (nSPS) is 16.5. The van der Waals surface area contributed by atoms with Crippen LogP contribution in [0.2, 0.25) is 10.0 Å². The molecule has 0 aliphatic carbocycles. The Morgan fingerprint density at radius 3 is 2.29 bits per heavy atom. The number of benzene rings is 3. The molecule has 0 aromatic heterocycles. The SMILES string of the molecule is CCN(CC)C(=O)Nc1ccc(S(=O)(=O)N2C(=O)C(NCCCCN)(c3ccccc3Cl)c3cc(Cl)ccc32)cc1. The molecule has 4 N–H and O–H groups in total. The molecule has 1 unspecified atom stereocenters. The fourth-order valence-corrected chi connectivity index (χ4v) is 6.88. The predicted octanol–water partition coefficient (Wildman–Crippen LogP) is 5.17. The van der Waals surface area contributed by atoms with Crippen molar-refractivity contribution in [2.45, 2.75) is 37.1 Å². The Labute approximate surface area is 250 Å². The van der Waals surface area contributed by atoms with Crippen molar-refractivity contribution < 1.29 is 18.0 Å². The smallest absolute Gasteiger partial charge is 0.321 e. The number of nitrogens with two attached hydrogens (primary N) is 1. The summed E-state index contributed by atoms with van der Waals surface area (Å²) in [5, 5.41) is 6.71. The van der Waals surface area contributed by atoms with Gasteiger partial charge in [-0.15, -0.1) is 0 Å². The van der Waals surface area contributed by atoms with Crippen LogP contribution >= 0.6 is 23.2 Å². The fraction of sp³-hybridized carbons (Fsp3) is 0.310. The topological polar surface area (TPSA) is 125 Å². The van der Waals surface area contributed by atoms with Gasteiger partial charge in [0.25, 0.3) is 15.9 Å². The van der Waals surface area contributed by atoms with Crippen molar-refractivity contribution in [2.24, 2.45) is 5.73 Å². The van der Waals surface area contributed by atoms with Crippen LogP contribution in [0.4, 0.5) is 16.2 Å². The van der Waals surface area contributed by atoms with Gasteiger partial charge in [-0.25, -0.2) is 17.5 Å². The molecule has 0 fully saturated rings. The Morgan fingerprint density at radius 1 is 0.976 bits per heavy atom. The van der Waals surface area contributed by atoms with Crippen molar-refractivity contribution in [1.82, 2.24) is 10.2 Å². The summed E-state index contributed by atoms with van der Waals surface area (Å²) in [5.74, 6) is -0.727. The van der Waals surface area contributed by atoms with Crippen molar-refractivity contribution in [3.63, 3.8) is 0 Å². The number of halogens is 2. The maximum Gasteiger partial charge on any atom is 0.321 e. The minimum atomic E-state index is -4.40. The number of urea groups is 1. The van der Waals surface area contributed by atoms with E-state index in [1.165, 1.54) is 30.3 Å². The number of rotatable bonds is 11. The molecule has 41 heavy (non-hydrogen) atoms. The average molecular weight is 619 g/mol. The van der Waals surface area contributed by atoms with Gasteiger partial charge in [-0.2, -0.15) is 0 Å². The molecule has 0 bridgehead atoms. The molecule has 4 rings (SSSR count). The van der Waals surface area contributed by atoms with E-state index in [-0.39, 0.29) is 16.6 Å². The Morgan fingerprint density at radius 2 is 1.66 bits per heavy atom. The minimum absolute atomic E-state index is 0.120. The zero-order valence-corrected chi connectivity index (χ0v) is 25.2. The molecular formula is C29H33Cl2N5O4S. The first-order chi connectivity index (χ1) is 19.6. The van der Waals surface area contributed by atoms with Crippen LogP contribution in [0.1, 0.15) is 37.8 Å². The predicted molar refractivity (Wildman–Crippen MR) is 163 cm³/mol. The first-order valence-corrected chi connectivity index (χ1v) is 15.6. The summed E-state index contributed by atoms with van der Waals surface area (Å²) in [4.78, 5) is 28.4. The van der Waals surface area contributed by atoms with Crippen LogP contribution in [0.5, 0.6) is 0 Å². The molecule has 1 aliphatic heterocycles. The number of nitrogens with zero attached hydrogens (tertiary/aromatic N) is 2. The van der Waals surface area contributed by atoms with E-state index >= 15 is 0 Å². The Kier molecular flexibility index (Phi) is 9.61. The minimum Gasteiger partial charge on any atom is -0.330 e. The van der Waals surface area contributed by atoms with Crippen LogP contribution in [0.25, 0.3) is 0 Å². The van der Waals surface area contributed by atoms with Crippen LogP contribution in [-0.2, 0) is 20.4 Å². The van der Waals surface area contributed by atoms with Crippen LogP contribution in [0.15, 0.2) is 71.6 Å². The van der Waals surface area contributed by atoms with Gasteiger partial charge in [-0.3, -0.25) is 10.1 Å². The highest BCUT2D eigenvalue weighted by Gasteiger charge is 2.56. The lowest BCUT2D eigenvalue weighted by molar-refractivity contribution is -0.121. The van der Waals surface area contributed by atoms with E-state index in [0.717, 1.165) is 4.31 Å². The monoisotopic (exact) mass is 617 g/mol. The Balaban J connectivity index is 1.80. The number of hydrogen-bond donors (Lipinski definition) is 3. The first kappa shape index (κ1) is 30.8. The summed E-state index contributed by atoms with van der Waals surface area (Å²) in [6, 6.07) is 16.9. The Bertz CT molecular complexity index is 1530. The number of sulfonamides is 1. The van der Waals surface area contributed by atoms with E-state index in [1.807, 2.05) is 13.8 Å². The van der Waals surface area contributed by atoms with Crippen molar-refractivity contribution in [1.29, 1.82) is 0 Å². The van der Waals surface area contributed by atoms with Crippen LogP contribution in [-0.4, -0.2) is 51.4 Å². The maximum atomic E-state index is 14.5. The summed E-state index contributed by atoms with van der Waals surface area (Å²) in [7, 11) is -4.40. The summed E-state index contributed by atoms with van der Waals surface area (Å²) >= 11 is 13.0. The van der Waals surface area contributed by atoms with Gasteiger partial charge >= 0.3 is 6.03 Å². The molecule has 0 spiro atoms. The van der Waals surface area contributed by atoms with Crippen LogP contribution in [0.3, 0.4) is 0 Å². The third kappa shape index (κ3) is 5.80. The van der Waals surface area contributed by atoms with Crippen molar-refractivity contribution >= 4 is 56.5 Å². The second-order valence-electron chi connectivity index (χ2n) is 9.52. The number of nitrogens with one attached hydrogen (secondary N) is 2. The number of hydrogen-bond acceptors (Lipinski definition) is 6. The van der Waals surface area contributed by atoms with Crippen molar-refractivity contribution in [2.75, 3.05) is 35.8 Å². The molecule has 3 aromatic carbocycles. The van der Waals surface area contributed by atoms with Gasteiger partial charge in [0.2, 0.25) is 0 Å². The second kappa shape index (κ2) is 12.8. The molecule has 1 heterocycles. The molecule has 3 aromatic rings. The summed E-state index contributed by atoms with van der Waals surface area (Å²) in [5.41, 5.74) is 5.45. The summed E-state index contributed by atoms with van der Waals surface area (Å²) in [6.45, 7) is 5.64. The van der Waals surface area contributed by atoms with Gasteiger partial charge in [0.15, 0.2) is 5.54 Å². The van der Waals surface area contributed by atoms with Crippen molar-refractivity contribution in [3.05, 3.63) is 87.9 Å². The zero-order valence-electron chi connectivity index (χ0n) is 22.9. The molecule has 1 atom stereocenters. The van der Waals surface area contributed by atoms with Gasteiger partial charge in [0, 0.05) is 39.9 Å². The third-order valence-corrected chi connectivity index (χ3v) is 9.36. The molecule has 0 saturated heterocycles. The quantitative estimate of drug-likeness (QED) is 0.255. The summed E-state index contributed by atoms with van der Waals surface area (Å²) in [6.07, 6.45) is 1.36. The van der Waals surface area contributed by atoms with E-state index in [2.05, 4.69) is 10.6 Å². The van der Waals surface area contributed by atoms with Gasteiger partial charge in [-0.1, -0.05) is 41.4 Å². The molecule has 0 saturated carbocycles. The third-order valence-electron chi connectivity index (χ3n) is 7.08. The number of anilines is 2. The van der Waals surface area contributed by atoms with Crippen LogP contribution < -0.4 is 20.7 Å². The van der Waals surface area contributed by atoms with E-state index in [9.17, 15) is 18.0 Å². The van der Waals surface area contributed by atoms with Gasteiger partial charge in [0.05, 0.1) is 10.6 Å². The molecule has 1 aliphatic rings. The molecule has 218 valence electrons. The molecule has 9 nitrogen and oxygen atoms in total. The number of fused-ring (bicyclic) bond motifs is 1. The number of carbonyl (C=O) groups is 2. The lowest BCUT2D eigenvalue weighted by Crippen LogP contribution is -2.53. The lowest BCUT2D eigenvalue weighted by atomic mass is 9.83. The number of carbonyl (C=O) groups excluding carboxylic acids is 2. The van der Waals surface area contributed by atoms with Gasteiger partial charge in [-0.05, 0) is 88.3 Å². The highest BCUT2D eigenvalue weighted by molar-refractivity contribution is 7.93. The lowest BCUT2D eigenvalue weighted by Gasteiger charge is -2.31. The van der Waals surface area contributed by atoms with Crippen LogP contribution in [0, 0.1) is 0 Å². The van der Waals surface area contributed by atoms with Gasteiger partial charge in [0.1, 0.15) is 0 Å². The maximum absolute atomic E-state index is 14.5. The highest BCUT2D eigenvalue weighted by atomic mass is 35.5. The molecular weight excluding hydrogens is 585 g/mol. The molecule has 0 radical (unpaired) electrons. The highest BCUT2D eigenvalue weighted by Crippen LogP contribution is 2.49. The first-order valence-electron chi connectivity index (χ1n) is 13.4. The Hall–Kier alpha value is -3.15. The average Bonchev–Trinajstić information content (AvgIpc) is 3.20. The molecule has 12 heteroatoms. The van der Waals surface area contributed by atoms with Gasteiger partial charge < -0.3 is 16.0 Å². The second-order valence-corrected chi connectivity index (χ2v) is 12.1. The van der Waals surface area contributed by atoms with E-state index in [1.54, 1.807) is 41.3 Å². The van der Waals surface area contributed by atoms with Crippen molar-refractivity contribution in [3.8, 4) is 0 Å². The molecule has 3 amide bonds. The van der Waals surface area contributed by atoms with E-state index in [4.69, 9.17) is 28.9 Å².